The molecule has 2 aromatic rings. The lowest BCUT2D eigenvalue weighted by molar-refractivity contribution is 0.335. The van der Waals surface area contributed by atoms with E-state index in [0.717, 1.165) is 5.01 Å². The summed E-state index contributed by atoms with van der Waals surface area (Å²) in [6, 6.07) is 2.51. The third-order valence-electron chi connectivity index (χ3n) is 2.96. The van der Waals surface area contributed by atoms with Crippen molar-refractivity contribution in [2.45, 2.75) is 39.4 Å². The van der Waals surface area contributed by atoms with Crippen LogP contribution in [0.3, 0.4) is 0 Å². The second kappa shape index (κ2) is 6.63. The molecular weight excluding hydrogens is 262 g/mol. The molecule has 0 aliphatic carbocycles. The summed E-state index contributed by atoms with van der Waals surface area (Å²) in [5, 5.41) is 17.3. The number of nitrogens with zero attached hydrogens (tertiary/aromatic N) is 4. The van der Waals surface area contributed by atoms with Crippen molar-refractivity contribution in [1.82, 2.24) is 25.3 Å². The van der Waals surface area contributed by atoms with E-state index in [1.165, 1.54) is 11.3 Å². The van der Waals surface area contributed by atoms with Gasteiger partial charge in [0.1, 0.15) is 5.01 Å². The first-order valence-electron chi connectivity index (χ1n) is 6.38. The van der Waals surface area contributed by atoms with Gasteiger partial charge in [-0.3, -0.25) is 4.68 Å². The van der Waals surface area contributed by atoms with Crippen LogP contribution in [0.5, 0.6) is 5.19 Å². The Labute approximate surface area is 116 Å². The van der Waals surface area contributed by atoms with Crippen LogP contribution in [0.4, 0.5) is 0 Å². The molecule has 0 spiro atoms. The van der Waals surface area contributed by atoms with Crippen molar-refractivity contribution in [3.63, 3.8) is 0 Å². The summed E-state index contributed by atoms with van der Waals surface area (Å²) in [6.07, 6.45) is 3.77. The zero-order valence-electron chi connectivity index (χ0n) is 11.4. The van der Waals surface area contributed by atoms with Gasteiger partial charge in [-0.05, 0) is 26.8 Å². The molecule has 2 atom stereocenters. The van der Waals surface area contributed by atoms with E-state index in [-0.39, 0.29) is 6.04 Å². The van der Waals surface area contributed by atoms with E-state index in [1.807, 2.05) is 23.9 Å². The summed E-state index contributed by atoms with van der Waals surface area (Å²) < 4.78 is 7.25. The molecule has 0 bridgehead atoms. The molecule has 7 heteroatoms. The predicted molar refractivity (Wildman–Crippen MR) is 74.3 cm³/mol. The van der Waals surface area contributed by atoms with Crippen LogP contribution in [0, 0.1) is 0 Å². The van der Waals surface area contributed by atoms with Gasteiger partial charge in [0, 0.05) is 18.4 Å². The Bertz CT molecular complexity index is 484. The number of hydrogen-bond donors (Lipinski definition) is 1. The average Bonchev–Trinajstić information content (AvgIpc) is 3.06. The molecular formula is C12H19N5OS. The highest BCUT2D eigenvalue weighted by Crippen LogP contribution is 2.18. The first-order valence-corrected chi connectivity index (χ1v) is 7.20. The summed E-state index contributed by atoms with van der Waals surface area (Å²) in [4.78, 5) is 0. The van der Waals surface area contributed by atoms with Crippen molar-refractivity contribution >= 4 is 11.3 Å². The third kappa shape index (κ3) is 3.74. The molecule has 6 nitrogen and oxygen atoms in total. The first-order chi connectivity index (χ1) is 9.20. The highest BCUT2D eigenvalue weighted by atomic mass is 32.1. The average molecular weight is 281 g/mol. The SMILES string of the molecule is CCOc1nnc(CN[C@H](C)[C@@H](C)n2cccn2)s1. The van der Waals surface area contributed by atoms with Gasteiger partial charge in [0.15, 0.2) is 0 Å². The van der Waals surface area contributed by atoms with Crippen LogP contribution in [-0.4, -0.2) is 32.6 Å². The molecule has 1 N–H and O–H groups in total. The topological polar surface area (TPSA) is 64.9 Å². The van der Waals surface area contributed by atoms with Crippen molar-refractivity contribution in [3.8, 4) is 5.19 Å². The summed E-state index contributed by atoms with van der Waals surface area (Å²) in [5.41, 5.74) is 0. The Morgan fingerprint density at radius 1 is 1.42 bits per heavy atom. The molecule has 0 radical (unpaired) electrons. The fourth-order valence-electron chi connectivity index (χ4n) is 1.66. The standard InChI is InChI=1S/C12H19N5OS/c1-4-18-12-16-15-11(19-12)8-13-9(2)10(3)17-7-5-6-14-17/h5-7,9-10,13H,4,8H2,1-3H3/t9-,10-/m1/s1. The van der Waals surface area contributed by atoms with Crippen LogP contribution in [0.25, 0.3) is 0 Å². The van der Waals surface area contributed by atoms with E-state index in [1.54, 1.807) is 6.20 Å². The van der Waals surface area contributed by atoms with E-state index in [2.05, 4.69) is 34.5 Å². The quantitative estimate of drug-likeness (QED) is 0.839. The molecule has 19 heavy (non-hydrogen) atoms. The van der Waals surface area contributed by atoms with E-state index >= 15 is 0 Å². The molecule has 0 saturated heterocycles. The summed E-state index contributed by atoms with van der Waals surface area (Å²) in [7, 11) is 0. The van der Waals surface area contributed by atoms with Crippen LogP contribution < -0.4 is 10.1 Å². The van der Waals surface area contributed by atoms with Crippen molar-refractivity contribution < 1.29 is 4.74 Å². The first kappa shape index (κ1) is 14.0. The molecule has 0 unspecified atom stereocenters. The van der Waals surface area contributed by atoms with Gasteiger partial charge in [0.25, 0.3) is 5.19 Å². The molecule has 0 aromatic carbocycles. The van der Waals surface area contributed by atoms with Crippen molar-refractivity contribution in [3.05, 3.63) is 23.5 Å². The van der Waals surface area contributed by atoms with Crippen LogP contribution >= 0.6 is 11.3 Å². The predicted octanol–water partition coefficient (Wildman–Crippen LogP) is 1.87. The Morgan fingerprint density at radius 2 is 2.26 bits per heavy atom. The van der Waals surface area contributed by atoms with Crippen molar-refractivity contribution in [1.29, 1.82) is 0 Å². The number of hydrogen-bond acceptors (Lipinski definition) is 6. The minimum atomic E-state index is 0.286. The largest absolute Gasteiger partial charge is 0.469 e. The number of ether oxygens (including phenoxy) is 1. The van der Waals surface area contributed by atoms with Crippen molar-refractivity contribution in [2.75, 3.05) is 6.61 Å². The lowest BCUT2D eigenvalue weighted by atomic mass is 10.2. The molecule has 2 aromatic heterocycles. The fourth-order valence-corrected chi connectivity index (χ4v) is 2.36. The molecule has 0 fully saturated rings. The Morgan fingerprint density at radius 3 is 2.95 bits per heavy atom. The Balaban J connectivity index is 1.84. The second-order valence-electron chi connectivity index (χ2n) is 4.29. The fraction of sp³-hybridized carbons (Fsp3) is 0.583. The third-order valence-corrected chi connectivity index (χ3v) is 3.79. The highest BCUT2D eigenvalue weighted by molar-refractivity contribution is 7.13. The maximum atomic E-state index is 5.30. The summed E-state index contributed by atoms with van der Waals surface area (Å²) in [6.45, 7) is 7.52. The van der Waals surface area contributed by atoms with Crippen LogP contribution in [0.15, 0.2) is 18.5 Å². The lowest BCUT2D eigenvalue weighted by Crippen LogP contribution is -2.33. The number of nitrogens with one attached hydrogen (secondary N) is 1. The summed E-state index contributed by atoms with van der Waals surface area (Å²) >= 11 is 1.48. The van der Waals surface area contributed by atoms with Crippen LogP contribution in [0.2, 0.25) is 0 Å². The minimum absolute atomic E-state index is 0.286. The van der Waals surface area contributed by atoms with Crippen LogP contribution in [0.1, 0.15) is 31.8 Å². The van der Waals surface area contributed by atoms with Gasteiger partial charge in [-0.1, -0.05) is 11.3 Å². The minimum Gasteiger partial charge on any atom is -0.469 e. The van der Waals surface area contributed by atoms with E-state index < -0.39 is 0 Å². The Hall–Kier alpha value is -1.47. The van der Waals surface area contributed by atoms with Gasteiger partial charge < -0.3 is 10.1 Å². The zero-order valence-corrected chi connectivity index (χ0v) is 12.2. The van der Waals surface area contributed by atoms with Gasteiger partial charge in [-0.2, -0.15) is 5.10 Å². The lowest BCUT2D eigenvalue weighted by Gasteiger charge is -2.21. The van der Waals surface area contributed by atoms with Gasteiger partial charge in [0.2, 0.25) is 0 Å². The monoisotopic (exact) mass is 281 g/mol. The highest BCUT2D eigenvalue weighted by Gasteiger charge is 2.14. The van der Waals surface area contributed by atoms with Gasteiger partial charge in [-0.25, -0.2) is 0 Å². The maximum absolute atomic E-state index is 5.30. The Kier molecular flexibility index (Phi) is 4.86. The molecule has 2 rings (SSSR count). The molecule has 0 amide bonds. The zero-order chi connectivity index (χ0) is 13.7. The normalized spacial score (nSPS) is 14.3. The molecule has 0 aliphatic rings. The smallest absolute Gasteiger partial charge is 0.294 e. The maximum Gasteiger partial charge on any atom is 0.294 e. The van der Waals surface area contributed by atoms with Gasteiger partial charge in [-0.15, -0.1) is 10.2 Å². The molecule has 104 valence electrons. The van der Waals surface area contributed by atoms with Crippen molar-refractivity contribution in [2.24, 2.45) is 0 Å². The van der Waals surface area contributed by atoms with Crippen LogP contribution in [-0.2, 0) is 6.54 Å². The molecule has 0 aliphatic heterocycles. The molecule has 0 saturated carbocycles. The number of rotatable bonds is 7. The second-order valence-corrected chi connectivity index (χ2v) is 5.32. The van der Waals surface area contributed by atoms with E-state index in [9.17, 15) is 0 Å². The van der Waals surface area contributed by atoms with E-state index in [0.29, 0.717) is 24.4 Å². The van der Waals surface area contributed by atoms with E-state index in [4.69, 9.17) is 4.74 Å². The van der Waals surface area contributed by atoms with Gasteiger partial charge in [0.05, 0.1) is 19.2 Å². The van der Waals surface area contributed by atoms with Gasteiger partial charge >= 0.3 is 0 Å². The summed E-state index contributed by atoms with van der Waals surface area (Å²) in [5.74, 6) is 0. The number of aromatic nitrogens is 4. The molecule has 2 heterocycles.